The maximum atomic E-state index is 13.6. The van der Waals surface area contributed by atoms with E-state index < -0.39 is 35.6 Å². The molecule has 2 amide bonds. The summed E-state index contributed by atoms with van der Waals surface area (Å²) in [5, 5.41) is 6.79. The van der Waals surface area contributed by atoms with Crippen molar-refractivity contribution in [3.63, 3.8) is 0 Å². The van der Waals surface area contributed by atoms with Crippen LogP contribution in [-0.2, 0) is 16.1 Å². The highest BCUT2D eigenvalue weighted by molar-refractivity contribution is 5.94. The van der Waals surface area contributed by atoms with Gasteiger partial charge in [0.15, 0.2) is 24.0 Å². The highest BCUT2D eigenvalue weighted by Crippen LogP contribution is 2.19. The highest BCUT2D eigenvalue weighted by atomic mass is 19.2. The van der Waals surface area contributed by atoms with Crippen LogP contribution < -0.4 is 15.5 Å². The lowest BCUT2D eigenvalue weighted by Gasteiger charge is -2.14. The maximum Gasteiger partial charge on any atom is 0.275 e. The van der Waals surface area contributed by atoms with E-state index in [-0.39, 0.29) is 12.5 Å². The molecular formula is C22H21F3N3O2+. The second-order valence-corrected chi connectivity index (χ2v) is 7.04. The number of carbonyl (C=O) groups excluding carboxylic acids is 2. The monoisotopic (exact) mass is 416 g/mol. The number of benzene rings is 3. The maximum absolute atomic E-state index is 13.6. The lowest BCUT2D eigenvalue weighted by molar-refractivity contribution is -0.885. The van der Waals surface area contributed by atoms with Crippen molar-refractivity contribution < 1.29 is 27.7 Å². The lowest BCUT2D eigenvalue weighted by Crippen LogP contribution is -3.08. The Morgan fingerprint density at radius 3 is 2.40 bits per heavy atom. The number of amides is 2. The van der Waals surface area contributed by atoms with Crippen LogP contribution in [0.15, 0.2) is 54.6 Å². The summed E-state index contributed by atoms with van der Waals surface area (Å²) in [6, 6.07) is 15.7. The third-order valence-corrected chi connectivity index (χ3v) is 4.54. The predicted molar refractivity (Wildman–Crippen MR) is 107 cm³/mol. The fourth-order valence-corrected chi connectivity index (χ4v) is 3.09. The molecule has 1 unspecified atom stereocenters. The van der Waals surface area contributed by atoms with Crippen LogP contribution in [-0.4, -0.2) is 32.0 Å². The molecule has 8 heteroatoms. The number of fused-ring (bicyclic) bond motifs is 1. The van der Waals surface area contributed by atoms with Crippen molar-refractivity contribution in [1.82, 2.24) is 5.32 Å². The van der Waals surface area contributed by atoms with E-state index in [1.54, 1.807) is 0 Å². The number of quaternary nitrogens is 1. The minimum absolute atomic E-state index is 0.125. The smallest absolute Gasteiger partial charge is 0.275 e. The Hall–Kier alpha value is -3.39. The van der Waals surface area contributed by atoms with Crippen LogP contribution >= 0.6 is 0 Å². The van der Waals surface area contributed by atoms with E-state index in [1.165, 1.54) is 0 Å². The van der Waals surface area contributed by atoms with Gasteiger partial charge < -0.3 is 15.5 Å². The normalized spacial score (nSPS) is 11.9. The summed E-state index contributed by atoms with van der Waals surface area (Å²) >= 11 is 0. The first-order valence-electron chi connectivity index (χ1n) is 9.32. The number of carbonyl (C=O) groups is 2. The van der Waals surface area contributed by atoms with Gasteiger partial charge in [0, 0.05) is 5.56 Å². The van der Waals surface area contributed by atoms with Crippen molar-refractivity contribution in [2.75, 3.05) is 25.5 Å². The molecule has 0 aliphatic heterocycles. The molecule has 0 fully saturated rings. The van der Waals surface area contributed by atoms with E-state index in [0.717, 1.165) is 27.3 Å². The molecule has 3 aromatic rings. The van der Waals surface area contributed by atoms with Crippen LogP contribution in [0.3, 0.4) is 0 Å². The molecule has 3 N–H and O–H groups in total. The van der Waals surface area contributed by atoms with E-state index in [0.29, 0.717) is 12.6 Å². The van der Waals surface area contributed by atoms with Crippen LogP contribution in [0.2, 0.25) is 0 Å². The Kier molecular flexibility index (Phi) is 6.68. The number of anilines is 1. The van der Waals surface area contributed by atoms with Gasteiger partial charge >= 0.3 is 0 Å². The molecule has 0 heterocycles. The quantitative estimate of drug-likeness (QED) is 0.516. The lowest BCUT2D eigenvalue weighted by atomic mass is 10.1. The molecule has 5 nitrogen and oxygen atoms in total. The molecule has 0 aliphatic carbocycles. The average molecular weight is 416 g/mol. The second-order valence-electron chi connectivity index (χ2n) is 7.04. The van der Waals surface area contributed by atoms with E-state index in [9.17, 15) is 22.8 Å². The number of rotatable bonds is 7. The van der Waals surface area contributed by atoms with Gasteiger partial charge in [-0.05, 0) is 29.0 Å². The van der Waals surface area contributed by atoms with Crippen molar-refractivity contribution in [3.05, 3.63) is 77.6 Å². The summed E-state index contributed by atoms with van der Waals surface area (Å²) in [6.07, 6.45) is 0. The van der Waals surface area contributed by atoms with E-state index >= 15 is 0 Å². The van der Waals surface area contributed by atoms with Crippen LogP contribution in [0.1, 0.15) is 5.56 Å². The molecular weight excluding hydrogens is 395 g/mol. The van der Waals surface area contributed by atoms with Crippen molar-refractivity contribution in [2.45, 2.75) is 6.54 Å². The van der Waals surface area contributed by atoms with Crippen molar-refractivity contribution >= 4 is 28.3 Å². The fraction of sp³-hybridized carbons (Fsp3) is 0.182. The molecule has 0 saturated heterocycles. The number of hydrogen-bond donors (Lipinski definition) is 3. The Labute approximate surface area is 171 Å². The molecule has 3 rings (SSSR count). The van der Waals surface area contributed by atoms with Crippen molar-refractivity contribution in [3.8, 4) is 0 Å². The summed E-state index contributed by atoms with van der Waals surface area (Å²) in [7, 11) is 1.85. The SMILES string of the molecule is C[NH+](CC(=O)NCC(=O)Nc1ccc(F)c(F)c1F)Cc1ccc2ccccc2c1. The second kappa shape index (κ2) is 9.41. The molecule has 3 aromatic carbocycles. The van der Waals surface area contributed by atoms with Crippen molar-refractivity contribution in [1.29, 1.82) is 0 Å². The largest absolute Gasteiger partial charge is 0.342 e. The molecule has 0 radical (unpaired) electrons. The standard InChI is InChI=1S/C22H20F3N3O2/c1-28(12-14-6-7-15-4-2-3-5-16(15)10-14)13-20(30)26-11-19(29)27-18-9-8-17(23)21(24)22(18)25/h2-10H,11-13H2,1H3,(H,26,30)(H,27,29)/p+1. The molecule has 0 bridgehead atoms. The van der Waals surface area contributed by atoms with Crippen LogP contribution in [0.4, 0.5) is 18.9 Å². The van der Waals surface area contributed by atoms with Gasteiger partial charge in [-0.15, -0.1) is 0 Å². The number of halogens is 3. The third kappa shape index (κ3) is 5.36. The minimum Gasteiger partial charge on any atom is -0.342 e. The Bertz CT molecular complexity index is 1090. The van der Waals surface area contributed by atoms with Crippen LogP contribution in [0.5, 0.6) is 0 Å². The first kappa shape index (κ1) is 21.3. The topological polar surface area (TPSA) is 62.6 Å². The van der Waals surface area contributed by atoms with Gasteiger partial charge in [0.2, 0.25) is 5.91 Å². The summed E-state index contributed by atoms with van der Waals surface area (Å²) in [5.74, 6) is -5.63. The Morgan fingerprint density at radius 2 is 1.63 bits per heavy atom. The van der Waals surface area contributed by atoms with E-state index in [2.05, 4.69) is 16.7 Å². The summed E-state index contributed by atoms with van der Waals surface area (Å²) < 4.78 is 39.7. The number of hydrogen-bond acceptors (Lipinski definition) is 2. The molecule has 0 aliphatic rings. The Balaban J connectivity index is 1.47. The molecule has 0 aromatic heterocycles. The summed E-state index contributed by atoms with van der Waals surface area (Å²) in [5.41, 5.74) is 0.581. The molecule has 0 saturated carbocycles. The van der Waals surface area contributed by atoms with Gasteiger partial charge in [0.05, 0.1) is 19.3 Å². The van der Waals surface area contributed by atoms with Gasteiger partial charge in [-0.3, -0.25) is 9.59 Å². The van der Waals surface area contributed by atoms with Crippen LogP contribution in [0, 0.1) is 17.5 Å². The summed E-state index contributed by atoms with van der Waals surface area (Å²) in [6.45, 7) is 0.324. The minimum atomic E-state index is -1.67. The predicted octanol–water partition coefficient (Wildman–Crippen LogP) is 2.03. The first-order valence-corrected chi connectivity index (χ1v) is 9.32. The van der Waals surface area contributed by atoms with Crippen molar-refractivity contribution in [2.24, 2.45) is 0 Å². The van der Waals surface area contributed by atoms with Gasteiger partial charge in [-0.2, -0.15) is 0 Å². The first-order chi connectivity index (χ1) is 14.3. The van der Waals surface area contributed by atoms with Crippen LogP contribution in [0.25, 0.3) is 10.8 Å². The average Bonchev–Trinajstić information content (AvgIpc) is 2.72. The molecule has 30 heavy (non-hydrogen) atoms. The van der Waals surface area contributed by atoms with Gasteiger partial charge in [-0.1, -0.05) is 36.4 Å². The zero-order valence-electron chi connectivity index (χ0n) is 16.3. The zero-order valence-corrected chi connectivity index (χ0v) is 16.3. The van der Waals surface area contributed by atoms with Gasteiger partial charge in [0.1, 0.15) is 6.54 Å². The summed E-state index contributed by atoms with van der Waals surface area (Å²) in [4.78, 5) is 24.8. The number of likely N-dealkylation sites (N-methyl/N-ethyl adjacent to an activating group) is 1. The molecule has 0 spiro atoms. The number of nitrogens with one attached hydrogen (secondary N) is 3. The van der Waals surface area contributed by atoms with Gasteiger partial charge in [0.25, 0.3) is 5.91 Å². The van der Waals surface area contributed by atoms with E-state index in [4.69, 9.17) is 0 Å². The fourth-order valence-electron chi connectivity index (χ4n) is 3.09. The highest BCUT2D eigenvalue weighted by Gasteiger charge is 2.16. The third-order valence-electron chi connectivity index (χ3n) is 4.54. The Morgan fingerprint density at radius 1 is 0.900 bits per heavy atom. The molecule has 1 atom stereocenters. The zero-order chi connectivity index (χ0) is 21.7. The van der Waals surface area contributed by atoms with E-state index in [1.807, 2.05) is 43.4 Å². The van der Waals surface area contributed by atoms with Gasteiger partial charge in [-0.25, -0.2) is 13.2 Å². The molecule has 156 valence electrons.